The quantitative estimate of drug-likeness (QED) is 0.575. The molecule has 0 atom stereocenters. The van der Waals surface area contributed by atoms with Crippen LogP contribution in [0.25, 0.3) is 10.9 Å². The zero-order valence-corrected chi connectivity index (χ0v) is 7.58. The van der Waals surface area contributed by atoms with Crippen LogP contribution in [0.3, 0.4) is 0 Å². The normalized spacial score (nSPS) is 9.69. The van der Waals surface area contributed by atoms with Crippen molar-refractivity contribution in [2.24, 2.45) is 0 Å². The van der Waals surface area contributed by atoms with Gasteiger partial charge in [0.15, 0.2) is 0 Å². The summed E-state index contributed by atoms with van der Waals surface area (Å²) in [6.45, 7) is 0. The molecule has 0 amide bonds. The van der Waals surface area contributed by atoms with Crippen molar-refractivity contribution in [2.45, 2.75) is 0 Å². The Morgan fingerprint density at radius 3 is 2.62 bits per heavy atom. The molecule has 1 aromatic heterocycles. The molecule has 5 heteroatoms. The van der Waals surface area contributed by atoms with Crippen LogP contribution >= 0.6 is 12.4 Å². The molecule has 0 radical (unpaired) electrons. The van der Waals surface area contributed by atoms with Crippen LogP contribution in [0.15, 0.2) is 30.5 Å². The van der Waals surface area contributed by atoms with E-state index in [9.17, 15) is 0 Å². The van der Waals surface area contributed by atoms with E-state index in [-0.39, 0.29) is 12.4 Å². The smallest absolute Gasteiger partial charge is 0.423 e. The second kappa shape index (κ2) is 3.83. The number of benzene rings is 1. The molecule has 0 aliphatic carbocycles. The van der Waals surface area contributed by atoms with E-state index >= 15 is 0 Å². The van der Waals surface area contributed by atoms with E-state index in [1.807, 2.05) is 12.1 Å². The highest BCUT2D eigenvalue weighted by molar-refractivity contribution is 6.61. The maximum Gasteiger partial charge on any atom is 0.489 e. The largest absolute Gasteiger partial charge is 0.489 e. The van der Waals surface area contributed by atoms with Crippen LogP contribution in [-0.2, 0) is 0 Å². The Morgan fingerprint density at radius 1 is 1.15 bits per heavy atom. The zero-order valence-electron chi connectivity index (χ0n) is 6.77. The molecule has 13 heavy (non-hydrogen) atoms. The van der Waals surface area contributed by atoms with Crippen molar-refractivity contribution in [1.82, 2.24) is 4.98 Å². The summed E-state index contributed by atoms with van der Waals surface area (Å²) in [5.74, 6) is 0. The minimum atomic E-state index is -1.40. The van der Waals surface area contributed by atoms with Gasteiger partial charge in [0.25, 0.3) is 0 Å². The molecule has 0 unspecified atom stereocenters. The van der Waals surface area contributed by atoms with Crippen LogP contribution < -0.4 is 5.46 Å². The van der Waals surface area contributed by atoms with Gasteiger partial charge in [0.1, 0.15) is 0 Å². The monoisotopic (exact) mass is 197 g/mol. The Bertz CT molecular complexity index is 402. The van der Waals surface area contributed by atoms with Gasteiger partial charge in [-0.1, -0.05) is 12.1 Å². The summed E-state index contributed by atoms with van der Waals surface area (Å²) in [5.41, 5.74) is 1.45. The fourth-order valence-electron chi connectivity index (χ4n) is 1.33. The van der Waals surface area contributed by atoms with Crippen molar-refractivity contribution >= 4 is 35.9 Å². The van der Waals surface area contributed by atoms with E-state index in [4.69, 9.17) is 10.0 Å². The van der Waals surface area contributed by atoms with Gasteiger partial charge in [0.05, 0.1) is 0 Å². The molecular formula is C8H9BClNO2. The average Bonchev–Trinajstić information content (AvgIpc) is 2.49. The Kier molecular flexibility index (Phi) is 2.98. The molecule has 0 fully saturated rings. The van der Waals surface area contributed by atoms with Gasteiger partial charge in [0, 0.05) is 11.7 Å². The Balaban J connectivity index is 0.000000845. The highest BCUT2D eigenvalue weighted by Crippen LogP contribution is 2.08. The molecule has 0 saturated heterocycles. The highest BCUT2D eigenvalue weighted by atomic mass is 35.5. The van der Waals surface area contributed by atoms with Gasteiger partial charge >= 0.3 is 7.12 Å². The lowest BCUT2D eigenvalue weighted by Gasteiger charge is -1.99. The van der Waals surface area contributed by atoms with Gasteiger partial charge in [-0.25, -0.2) is 0 Å². The van der Waals surface area contributed by atoms with Crippen molar-refractivity contribution in [3.05, 3.63) is 30.5 Å². The van der Waals surface area contributed by atoms with Gasteiger partial charge in [-0.3, -0.25) is 0 Å². The number of H-pyrrole nitrogens is 1. The average molecular weight is 197 g/mol. The van der Waals surface area contributed by atoms with Gasteiger partial charge in [0.2, 0.25) is 0 Å². The van der Waals surface area contributed by atoms with E-state index in [0.717, 1.165) is 10.9 Å². The molecular weight excluding hydrogens is 188 g/mol. The lowest BCUT2D eigenvalue weighted by Crippen LogP contribution is -2.29. The first-order valence-electron chi connectivity index (χ1n) is 3.71. The van der Waals surface area contributed by atoms with Gasteiger partial charge in [-0.05, 0) is 23.0 Å². The van der Waals surface area contributed by atoms with Crippen molar-refractivity contribution in [3.63, 3.8) is 0 Å². The standard InChI is InChI=1S/C8H8BNO2.ClH/c11-9(12)7-2-1-3-8-6(7)4-5-10-8;/h1-5,10-12H;1H. The number of fused-ring (bicyclic) bond motifs is 1. The number of hydrogen-bond donors (Lipinski definition) is 3. The molecule has 68 valence electrons. The van der Waals surface area contributed by atoms with Crippen LogP contribution in [0.5, 0.6) is 0 Å². The number of rotatable bonds is 1. The summed E-state index contributed by atoms with van der Waals surface area (Å²) in [6.07, 6.45) is 1.77. The lowest BCUT2D eigenvalue weighted by atomic mass is 9.78. The van der Waals surface area contributed by atoms with Gasteiger partial charge in [-0.2, -0.15) is 0 Å². The zero-order chi connectivity index (χ0) is 8.55. The highest BCUT2D eigenvalue weighted by Gasteiger charge is 2.13. The summed E-state index contributed by atoms with van der Waals surface area (Å²) in [4.78, 5) is 2.99. The van der Waals surface area contributed by atoms with E-state index < -0.39 is 7.12 Å². The van der Waals surface area contributed by atoms with E-state index in [2.05, 4.69) is 4.98 Å². The summed E-state index contributed by atoms with van der Waals surface area (Å²) in [6, 6.07) is 7.19. The van der Waals surface area contributed by atoms with Crippen molar-refractivity contribution in [3.8, 4) is 0 Å². The van der Waals surface area contributed by atoms with Crippen LogP contribution in [0, 0.1) is 0 Å². The molecule has 0 saturated carbocycles. The predicted molar refractivity (Wildman–Crippen MR) is 55.4 cm³/mol. The first-order valence-corrected chi connectivity index (χ1v) is 3.71. The molecule has 0 bridgehead atoms. The lowest BCUT2D eigenvalue weighted by molar-refractivity contribution is 0.426. The second-order valence-electron chi connectivity index (χ2n) is 2.66. The predicted octanol–water partition coefficient (Wildman–Crippen LogP) is 0.269. The molecule has 3 N–H and O–H groups in total. The number of aromatic nitrogens is 1. The van der Waals surface area contributed by atoms with Crippen LogP contribution in [0.2, 0.25) is 0 Å². The topological polar surface area (TPSA) is 56.2 Å². The Morgan fingerprint density at radius 2 is 1.92 bits per heavy atom. The maximum atomic E-state index is 8.98. The third-order valence-electron chi connectivity index (χ3n) is 1.91. The minimum Gasteiger partial charge on any atom is -0.423 e. The third kappa shape index (κ3) is 1.70. The third-order valence-corrected chi connectivity index (χ3v) is 1.91. The van der Waals surface area contributed by atoms with E-state index in [1.54, 1.807) is 18.3 Å². The van der Waals surface area contributed by atoms with Crippen molar-refractivity contribution in [2.75, 3.05) is 0 Å². The molecule has 3 nitrogen and oxygen atoms in total. The molecule has 2 aromatic rings. The summed E-state index contributed by atoms with van der Waals surface area (Å²) >= 11 is 0. The van der Waals surface area contributed by atoms with Crippen molar-refractivity contribution < 1.29 is 10.0 Å². The molecule has 0 aliphatic rings. The molecule has 1 aromatic carbocycles. The maximum absolute atomic E-state index is 8.98. The fraction of sp³-hybridized carbons (Fsp3) is 0. The SMILES string of the molecule is Cl.OB(O)c1cccc2[nH]ccc12. The second-order valence-corrected chi connectivity index (χ2v) is 2.66. The van der Waals surface area contributed by atoms with Crippen LogP contribution in [-0.4, -0.2) is 22.2 Å². The Labute approximate surface area is 82.0 Å². The van der Waals surface area contributed by atoms with E-state index in [0.29, 0.717) is 5.46 Å². The van der Waals surface area contributed by atoms with Crippen molar-refractivity contribution in [1.29, 1.82) is 0 Å². The summed E-state index contributed by atoms with van der Waals surface area (Å²) in [5, 5.41) is 18.8. The summed E-state index contributed by atoms with van der Waals surface area (Å²) in [7, 11) is -1.40. The first-order chi connectivity index (χ1) is 5.79. The van der Waals surface area contributed by atoms with Crippen LogP contribution in [0.1, 0.15) is 0 Å². The van der Waals surface area contributed by atoms with Gasteiger partial charge < -0.3 is 15.0 Å². The van der Waals surface area contributed by atoms with Gasteiger partial charge in [-0.15, -0.1) is 12.4 Å². The number of nitrogens with one attached hydrogen (secondary N) is 1. The molecule has 0 aliphatic heterocycles. The fourth-order valence-corrected chi connectivity index (χ4v) is 1.33. The molecule has 0 spiro atoms. The number of aromatic amines is 1. The van der Waals surface area contributed by atoms with E-state index in [1.165, 1.54) is 0 Å². The van der Waals surface area contributed by atoms with Crippen LogP contribution in [0.4, 0.5) is 0 Å². The molecule has 2 rings (SSSR count). The summed E-state index contributed by atoms with van der Waals surface area (Å²) < 4.78 is 0. The number of hydrogen-bond acceptors (Lipinski definition) is 2. The first kappa shape index (κ1) is 10.1. The molecule has 1 heterocycles. The number of halogens is 1. The Hall–Kier alpha value is -0.965. The minimum absolute atomic E-state index is 0.